The van der Waals surface area contributed by atoms with Gasteiger partial charge in [-0.25, -0.2) is 0 Å². The quantitative estimate of drug-likeness (QED) is 0.684. The second-order valence-corrected chi connectivity index (χ2v) is 4.46. The number of H-pyrrole nitrogens is 1. The van der Waals surface area contributed by atoms with Gasteiger partial charge >= 0.3 is 0 Å². The van der Waals surface area contributed by atoms with Crippen LogP contribution >= 0.6 is 0 Å². The fourth-order valence-electron chi connectivity index (χ4n) is 1.84. The molecule has 6 nitrogen and oxygen atoms in total. The van der Waals surface area contributed by atoms with Gasteiger partial charge in [0.15, 0.2) is 5.76 Å². The van der Waals surface area contributed by atoms with Crippen molar-refractivity contribution in [3.05, 3.63) is 29.7 Å². The van der Waals surface area contributed by atoms with Crippen molar-refractivity contribution in [3.63, 3.8) is 0 Å². The number of ether oxygens (including phenoxy) is 2. The van der Waals surface area contributed by atoms with Gasteiger partial charge in [0.1, 0.15) is 11.5 Å². The van der Waals surface area contributed by atoms with E-state index < -0.39 is 0 Å². The number of methoxy groups -OCH3 is 1. The lowest BCUT2D eigenvalue weighted by atomic mass is 10.2. The van der Waals surface area contributed by atoms with Crippen molar-refractivity contribution in [2.45, 2.75) is 13.5 Å². The molecule has 0 saturated heterocycles. The van der Waals surface area contributed by atoms with E-state index in [9.17, 15) is 0 Å². The Kier molecular flexibility index (Phi) is 5.79. The van der Waals surface area contributed by atoms with Crippen molar-refractivity contribution in [1.82, 2.24) is 15.5 Å². The first kappa shape index (κ1) is 14.8. The van der Waals surface area contributed by atoms with E-state index in [-0.39, 0.29) is 0 Å². The maximum Gasteiger partial charge on any atom is 0.152 e. The van der Waals surface area contributed by atoms with Crippen LogP contribution in [-0.4, -0.2) is 43.7 Å². The zero-order valence-corrected chi connectivity index (χ0v) is 11.9. The molecule has 0 spiro atoms. The SMILES string of the molecule is COCCOCCNCc1cn[nH]c1-c1ccc(C)o1. The summed E-state index contributed by atoms with van der Waals surface area (Å²) in [7, 11) is 1.67. The third-order valence-corrected chi connectivity index (χ3v) is 2.88. The molecule has 110 valence electrons. The predicted molar refractivity (Wildman–Crippen MR) is 75.4 cm³/mol. The van der Waals surface area contributed by atoms with E-state index in [2.05, 4.69) is 15.5 Å². The minimum atomic E-state index is 0.626. The summed E-state index contributed by atoms with van der Waals surface area (Å²) in [6.07, 6.45) is 1.81. The van der Waals surface area contributed by atoms with Gasteiger partial charge in [-0.15, -0.1) is 0 Å². The first-order valence-electron chi connectivity index (χ1n) is 6.67. The maximum atomic E-state index is 5.60. The summed E-state index contributed by atoms with van der Waals surface area (Å²) in [5.74, 6) is 1.70. The number of aromatic amines is 1. The highest BCUT2D eigenvalue weighted by Crippen LogP contribution is 2.22. The molecular formula is C14H21N3O3. The molecular weight excluding hydrogens is 258 g/mol. The summed E-state index contributed by atoms with van der Waals surface area (Å²) in [5, 5.41) is 10.4. The molecule has 2 rings (SSSR count). The smallest absolute Gasteiger partial charge is 0.152 e. The number of hydrogen-bond acceptors (Lipinski definition) is 5. The van der Waals surface area contributed by atoms with Gasteiger partial charge < -0.3 is 19.2 Å². The van der Waals surface area contributed by atoms with Crippen LogP contribution in [0, 0.1) is 6.92 Å². The largest absolute Gasteiger partial charge is 0.460 e. The van der Waals surface area contributed by atoms with Crippen LogP contribution in [0.25, 0.3) is 11.5 Å². The van der Waals surface area contributed by atoms with Crippen LogP contribution in [0.15, 0.2) is 22.7 Å². The molecule has 0 aliphatic heterocycles. The molecule has 0 aliphatic rings. The van der Waals surface area contributed by atoms with Crippen molar-refractivity contribution in [1.29, 1.82) is 0 Å². The molecule has 20 heavy (non-hydrogen) atoms. The number of hydrogen-bond donors (Lipinski definition) is 2. The highest BCUT2D eigenvalue weighted by Gasteiger charge is 2.10. The van der Waals surface area contributed by atoms with Crippen LogP contribution in [0.5, 0.6) is 0 Å². The summed E-state index contributed by atoms with van der Waals surface area (Å²) in [5.41, 5.74) is 2.00. The Bertz CT molecular complexity index is 507. The lowest BCUT2D eigenvalue weighted by molar-refractivity contribution is 0.0719. The number of nitrogens with one attached hydrogen (secondary N) is 2. The van der Waals surface area contributed by atoms with Gasteiger partial charge in [0.05, 0.1) is 26.0 Å². The Balaban J connectivity index is 1.75. The fourth-order valence-corrected chi connectivity index (χ4v) is 1.84. The summed E-state index contributed by atoms with van der Waals surface area (Å²) in [4.78, 5) is 0. The molecule has 2 aromatic rings. The molecule has 0 saturated carbocycles. The highest BCUT2D eigenvalue weighted by atomic mass is 16.5. The molecule has 0 radical (unpaired) electrons. The minimum absolute atomic E-state index is 0.626. The first-order valence-corrected chi connectivity index (χ1v) is 6.67. The molecule has 0 bridgehead atoms. The Morgan fingerprint density at radius 3 is 2.95 bits per heavy atom. The number of nitrogens with zero attached hydrogens (tertiary/aromatic N) is 1. The van der Waals surface area contributed by atoms with E-state index in [1.807, 2.05) is 25.3 Å². The van der Waals surface area contributed by atoms with Crippen LogP contribution < -0.4 is 5.32 Å². The van der Waals surface area contributed by atoms with E-state index in [1.165, 1.54) is 0 Å². The Morgan fingerprint density at radius 1 is 1.30 bits per heavy atom. The number of rotatable bonds is 9. The third kappa shape index (κ3) is 4.19. The molecule has 0 unspecified atom stereocenters. The molecule has 0 aliphatic carbocycles. The summed E-state index contributed by atoms with van der Waals surface area (Å²) < 4.78 is 15.9. The lowest BCUT2D eigenvalue weighted by Gasteiger charge is -2.05. The number of aryl methyl sites for hydroxylation is 1. The second kappa shape index (κ2) is 7.84. The van der Waals surface area contributed by atoms with Crippen molar-refractivity contribution in [3.8, 4) is 11.5 Å². The van der Waals surface area contributed by atoms with E-state index in [0.29, 0.717) is 19.8 Å². The summed E-state index contributed by atoms with van der Waals surface area (Å²) in [6.45, 7) is 5.35. The van der Waals surface area contributed by atoms with Crippen molar-refractivity contribution >= 4 is 0 Å². The van der Waals surface area contributed by atoms with E-state index in [0.717, 1.165) is 35.9 Å². The van der Waals surface area contributed by atoms with E-state index in [1.54, 1.807) is 7.11 Å². The van der Waals surface area contributed by atoms with Crippen LogP contribution in [0.4, 0.5) is 0 Å². The average molecular weight is 279 g/mol. The molecule has 0 atom stereocenters. The van der Waals surface area contributed by atoms with Gasteiger partial charge in [-0.3, -0.25) is 5.10 Å². The topological polar surface area (TPSA) is 72.3 Å². The van der Waals surface area contributed by atoms with Crippen LogP contribution in [-0.2, 0) is 16.0 Å². The number of furan rings is 1. The van der Waals surface area contributed by atoms with E-state index in [4.69, 9.17) is 13.9 Å². The van der Waals surface area contributed by atoms with Gasteiger partial charge in [0.25, 0.3) is 0 Å². The molecule has 2 N–H and O–H groups in total. The molecule has 2 aromatic heterocycles. The van der Waals surface area contributed by atoms with E-state index >= 15 is 0 Å². The standard InChI is InChI=1S/C14H21N3O3/c1-11-3-4-13(20-11)14-12(10-16-17-14)9-15-5-6-19-8-7-18-2/h3-4,10,15H,5-9H2,1-2H3,(H,16,17). The lowest BCUT2D eigenvalue weighted by Crippen LogP contribution is -2.20. The molecule has 0 amide bonds. The fraction of sp³-hybridized carbons (Fsp3) is 0.500. The van der Waals surface area contributed by atoms with Gasteiger partial charge in [-0.1, -0.05) is 0 Å². The zero-order valence-electron chi connectivity index (χ0n) is 11.9. The van der Waals surface area contributed by atoms with Crippen molar-refractivity contribution in [2.24, 2.45) is 0 Å². The average Bonchev–Trinajstić information content (AvgIpc) is 3.06. The Labute approximate surface area is 118 Å². The van der Waals surface area contributed by atoms with Crippen LogP contribution in [0.3, 0.4) is 0 Å². The third-order valence-electron chi connectivity index (χ3n) is 2.88. The summed E-state index contributed by atoms with van der Waals surface area (Å²) >= 11 is 0. The summed E-state index contributed by atoms with van der Waals surface area (Å²) in [6, 6.07) is 3.89. The monoisotopic (exact) mass is 279 g/mol. The van der Waals surface area contributed by atoms with Crippen LogP contribution in [0.1, 0.15) is 11.3 Å². The second-order valence-electron chi connectivity index (χ2n) is 4.46. The molecule has 0 fully saturated rings. The normalized spacial score (nSPS) is 11.1. The highest BCUT2D eigenvalue weighted by molar-refractivity contribution is 5.56. The predicted octanol–water partition coefficient (Wildman–Crippen LogP) is 1.73. The van der Waals surface area contributed by atoms with Crippen molar-refractivity contribution < 1.29 is 13.9 Å². The van der Waals surface area contributed by atoms with Gasteiger partial charge in [-0.05, 0) is 19.1 Å². The Morgan fingerprint density at radius 2 is 2.20 bits per heavy atom. The maximum absolute atomic E-state index is 5.60. The Hall–Kier alpha value is -1.63. The van der Waals surface area contributed by atoms with Gasteiger partial charge in [0, 0.05) is 25.8 Å². The minimum Gasteiger partial charge on any atom is -0.460 e. The van der Waals surface area contributed by atoms with Gasteiger partial charge in [-0.2, -0.15) is 5.10 Å². The first-order chi connectivity index (χ1) is 9.81. The molecule has 2 heterocycles. The van der Waals surface area contributed by atoms with Crippen molar-refractivity contribution in [2.75, 3.05) is 33.5 Å². The molecule has 0 aromatic carbocycles. The number of aromatic nitrogens is 2. The zero-order chi connectivity index (χ0) is 14.2. The molecule has 6 heteroatoms. The van der Waals surface area contributed by atoms with Gasteiger partial charge in [0.2, 0.25) is 0 Å². The van der Waals surface area contributed by atoms with Crippen LogP contribution in [0.2, 0.25) is 0 Å².